The SMILES string of the molecule is Cc1c2oc3c(C)ccc(C(=O)NC4C(=O)NC(C(C)C)C(=O)N5CCCC5C(=O)N(C)CC(=O)N(C)C(C(C)C)C(=O)OC4C)c3nc-2c(C(=O)NC2C(=O)NC(C(C)C)C(=O)N3CCC(=O)CC3C(=O)N(C)CC(=O)N(C)C(C(C)C)C(=O)OC2C)c(N)c1=O. The number of piperidine rings is 1. The first-order valence-corrected chi connectivity index (χ1v) is 30.9. The number of nitrogens with two attached hydrogens (primary N) is 1. The zero-order chi connectivity index (χ0) is 68.6. The summed E-state index contributed by atoms with van der Waals surface area (Å²) in [5.74, 6) is -13.5. The Hall–Kier alpha value is -9.05. The average molecular weight is 1280 g/mol. The maximum atomic E-state index is 15.2. The van der Waals surface area contributed by atoms with Crippen molar-refractivity contribution < 1.29 is 76.2 Å². The number of amides is 10. The number of ether oxygens (including phenoxy) is 2. The minimum absolute atomic E-state index is 0.0948. The number of anilines is 1. The third-order valence-electron chi connectivity index (χ3n) is 17.7. The third-order valence-corrected chi connectivity index (χ3v) is 17.7. The van der Waals surface area contributed by atoms with Crippen molar-refractivity contribution in [1.29, 1.82) is 0 Å². The summed E-state index contributed by atoms with van der Waals surface area (Å²) in [6.45, 7) is 17.6. The molecule has 0 saturated carbocycles. The number of nitrogen functional groups attached to an aromatic ring is 1. The number of likely N-dealkylation sites (N-methyl/N-ethyl adjacent to an activating group) is 4. The molecule has 10 unspecified atom stereocenters. The molecule has 1 aromatic carbocycles. The van der Waals surface area contributed by atoms with E-state index in [1.54, 1.807) is 62.3 Å². The summed E-state index contributed by atoms with van der Waals surface area (Å²) in [4.78, 5) is 212. The molecule has 10 amide bonds. The molecule has 500 valence electrons. The fraction of sp³-hybridized carbons (Fsp3) is 0.603. The van der Waals surface area contributed by atoms with Crippen LogP contribution in [0, 0.1) is 37.5 Å². The number of nitrogens with zero attached hydrogens (tertiary/aromatic N) is 7. The van der Waals surface area contributed by atoms with Crippen LogP contribution in [0.5, 0.6) is 0 Å². The molecule has 5 aliphatic heterocycles. The number of carbonyl (C=O) groups is 13. The highest BCUT2D eigenvalue weighted by atomic mass is 16.6. The van der Waals surface area contributed by atoms with E-state index in [9.17, 15) is 57.5 Å². The molecule has 0 radical (unpaired) electrons. The predicted molar refractivity (Wildman–Crippen MR) is 330 cm³/mol. The van der Waals surface area contributed by atoms with Crippen molar-refractivity contribution in [3.63, 3.8) is 0 Å². The van der Waals surface area contributed by atoms with Gasteiger partial charge in [-0.05, 0) is 75.8 Å². The molecule has 0 aromatic heterocycles. The number of hydrogen-bond donors (Lipinski definition) is 5. The van der Waals surface area contributed by atoms with Gasteiger partial charge in [0.1, 0.15) is 77.5 Å². The highest BCUT2D eigenvalue weighted by molar-refractivity contribution is 6.10. The Morgan fingerprint density at radius 1 is 0.630 bits per heavy atom. The van der Waals surface area contributed by atoms with Gasteiger partial charge in [0.15, 0.2) is 11.3 Å². The van der Waals surface area contributed by atoms with Crippen molar-refractivity contribution >= 4 is 93.6 Å². The Labute approximate surface area is 532 Å². The van der Waals surface area contributed by atoms with E-state index >= 15 is 9.59 Å². The molecule has 0 bridgehead atoms. The fourth-order valence-electron chi connectivity index (χ4n) is 12.3. The van der Waals surface area contributed by atoms with Gasteiger partial charge in [-0.25, -0.2) is 14.6 Å². The molecule has 7 rings (SSSR count). The molecule has 0 spiro atoms. The first-order chi connectivity index (χ1) is 43.0. The van der Waals surface area contributed by atoms with Gasteiger partial charge in [0.25, 0.3) is 11.8 Å². The van der Waals surface area contributed by atoms with Crippen LogP contribution in [0.2, 0.25) is 0 Å². The summed E-state index contributed by atoms with van der Waals surface area (Å²) < 4.78 is 18.3. The lowest BCUT2D eigenvalue weighted by Gasteiger charge is -2.40. The molecule has 29 heteroatoms. The number of fused-ring (bicyclic) bond motifs is 4. The van der Waals surface area contributed by atoms with Crippen molar-refractivity contribution in [3.05, 3.63) is 44.6 Å². The molecule has 1 aliphatic carbocycles. The smallest absolute Gasteiger partial charge is 0.329 e. The van der Waals surface area contributed by atoms with Crippen LogP contribution >= 0.6 is 0 Å². The van der Waals surface area contributed by atoms with Crippen LogP contribution in [0.1, 0.15) is 127 Å². The number of nitrogens with one attached hydrogen (secondary N) is 4. The van der Waals surface area contributed by atoms with Gasteiger partial charge in [0, 0.05) is 59.7 Å². The monoisotopic (exact) mass is 1280 g/mol. The van der Waals surface area contributed by atoms with Crippen molar-refractivity contribution in [2.45, 2.75) is 169 Å². The number of Topliss-reactive ketones (excluding diaryl/α,β-unsaturated/α-hetero) is 1. The van der Waals surface area contributed by atoms with Crippen LogP contribution in [0.4, 0.5) is 5.69 Å². The van der Waals surface area contributed by atoms with Crippen LogP contribution in [0.3, 0.4) is 0 Å². The normalized spacial score (nSPS) is 26.1. The summed E-state index contributed by atoms with van der Waals surface area (Å²) in [7, 11) is 5.43. The summed E-state index contributed by atoms with van der Waals surface area (Å²) in [6.07, 6.45) is -2.93. The number of carbonyl (C=O) groups excluding carboxylic acids is 13. The van der Waals surface area contributed by atoms with Crippen LogP contribution in [-0.2, 0) is 62.2 Å². The Kier molecular flexibility index (Phi) is 21.6. The number of ketones is 1. The Morgan fingerprint density at radius 3 is 1.58 bits per heavy atom. The molecule has 29 nitrogen and oxygen atoms in total. The zero-order valence-electron chi connectivity index (χ0n) is 55.0. The topological polar surface area (TPSA) is 377 Å². The highest BCUT2D eigenvalue weighted by Crippen LogP contribution is 2.35. The lowest BCUT2D eigenvalue weighted by Crippen LogP contribution is -2.63. The van der Waals surface area contributed by atoms with Crippen LogP contribution in [-0.4, -0.2) is 226 Å². The molecular weight excluding hydrogens is 1200 g/mol. The van der Waals surface area contributed by atoms with Gasteiger partial charge in [-0.3, -0.25) is 57.5 Å². The van der Waals surface area contributed by atoms with E-state index in [1.165, 1.54) is 75.8 Å². The number of hydrogen-bond acceptors (Lipinski definition) is 19. The number of cyclic esters (lactones) is 2. The summed E-state index contributed by atoms with van der Waals surface area (Å²) in [6, 6.07) is -8.60. The van der Waals surface area contributed by atoms with Crippen LogP contribution < -0.4 is 32.4 Å². The van der Waals surface area contributed by atoms with E-state index in [1.807, 2.05) is 0 Å². The zero-order valence-corrected chi connectivity index (χ0v) is 55.0. The molecule has 4 fully saturated rings. The van der Waals surface area contributed by atoms with Gasteiger partial charge < -0.3 is 70.3 Å². The van der Waals surface area contributed by atoms with E-state index < -0.39 is 191 Å². The fourth-order valence-corrected chi connectivity index (χ4v) is 12.3. The quantitative estimate of drug-likeness (QED) is 0.115. The summed E-state index contributed by atoms with van der Waals surface area (Å²) >= 11 is 0. The number of aromatic nitrogens is 1. The Balaban J connectivity index is 1.33. The summed E-state index contributed by atoms with van der Waals surface area (Å²) in [5.41, 5.74) is 3.36. The van der Waals surface area contributed by atoms with Crippen LogP contribution in [0.15, 0.2) is 21.3 Å². The third kappa shape index (κ3) is 14.2. The molecule has 6 N–H and O–H groups in total. The van der Waals surface area contributed by atoms with E-state index in [-0.39, 0.29) is 66.1 Å². The maximum Gasteiger partial charge on any atom is 0.329 e. The second kappa shape index (κ2) is 28.2. The Morgan fingerprint density at radius 2 is 1.10 bits per heavy atom. The first kappa shape index (κ1) is 70.4. The van der Waals surface area contributed by atoms with E-state index in [0.29, 0.717) is 12.0 Å². The molecule has 6 aliphatic rings. The molecule has 10 atom stereocenters. The predicted octanol–water partition coefficient (Wildman–Crippen LogP) is 0.295. The largest absolute Gasteiger partial charge is 0.458 e. The molecule has 4 saturated heterocycles. The van der Waals surface area contributed by atoms with Gasteiger partial charge in [-0.2, -0.15) is 0 Å². The lowest BCUT2D eigenvalue weighted by molar-refractivity contribution is -0.163. The van der Waals surface area contributed by atoms with E-state index in [2.05, 4.69) is 21.3 Å². The van der Waals surface area contributed by atoms with Gasteiger partial charge in [0.2, 0.25) is 52.7 Å². The molecule has 92 heavy (non-hydrogen) atoms. The minimum atomic E-state index is -1.94. The van der Waals surface area contributed by atoms with Gasteiger partial charge in [-0.1, -0.05) is 61.5 Å². The second-order valence-corrected chi connectivity index (χ2v) is 25.9. The molecule has 5 heterocycles. The minimum Gasteiger partial charge on any atom is -0.458 e. The van der Waals surface area contributed by atoms with Crippen molar-refractivity contribution in [2.75, 3.05) is 60.1 Å². The van der Waals surface area contributed by atoms with Gasteiger partial charge in [0.05, 0.1) is 29.9 Å². The highest BCUT2D eigenvalue weighted by Gasteiger charge is 2.47. The van der Waals surface area contributed by atoms with Crippen LogP contribution in [0.25, 0.3) is 22.6 Å². The van der Waals surface area contributed by atoms with E-state index in [4.69, 9.17) is 24.6 Å². The lowest BCUT2D eigenvalue weighted by atomic mass is 9.95. The van der Waals surface area contributed by atoms with Gasteiger partial charge >= 0.3 is 11.9 Å². The second-order valence-electron chi connectivity index (χ2n) is 25.9. The number of rotatable bonds is 8. The average Bonchev–Trinajstić information content (AvgIpc) is 0.960. The maximum absolute atomic E-state index is 15.2. The van der Waals surface area contributed by atoms with Gasteiger partial charge in [-0.15, -0.1) is 0 Å². The number of aryl methyl sites for hydroxylation is 1. The molecular formula is C63H86N12O17. The van der Waals surface area contributed by atoms with E-state index in [0.717, 1.165) is 14.7 Å². The van der Waals surface area contributed by atoms with Crippen molar-refractivity contribution in [1.82, 2.24) is 55.7 Å². The number of benzene rings is 2. The standard InChI is InChI=1S/C63H86N12O17/c1-27(2)43-60(86)74-22-17-18-37(74)58(84)70(13)25-39(77)72(15)49(29(5)6)62(88)90-33(11)45(56(82)66-43)68-54(80)36-20-19-31(9)52-47(36)65-48-41(42(64)51(79)32(10)53(48)92-52)55(81)69-46-34(12)91-63(89)50(30(7)8)73(16)40(78)26-71(14)59(85)38-24-35(76)21-23-75(38)61(87)44(28(3)4)67-57(46)83/h19-20,27-30,33-34,37-38,43-46,49-50H,17-18,21-26,64H2,1-16H3,(H,66,82)(H,67,83)(H,68,80)(H,69,81). The first-order valence-electron chi connectivity index (χ1n) is 30.9. The Bertz CT molecular complexity index is 3530. The van der Waals surface area contributed by atoms with Crippen molar-refractivity contribution in [3.8, 4) is 11.5 Å². The summed E-state index contributed by atoms with van der Waals surface area (Å²) in [5, 5.41) is 10.6. The number of esters is 2. The molecule has 1 aromatic rings. The van der Waals surface area contributed by atoms with Crippen molar-refractivity contribution in [2.24, 2.45) is 23.7 Å².